The van der Waals surface area contributed by atoms with Crippen molar-refractivity contribution in [1.82, 2.24) is 4.98 Å². The summed E-state index contributed by atoms with van der Waals surface area (Å²) in [6.45, 7) is 1.73. The van der Waals surface area contributed by atoms with Crippen molar-refractivity contribution in [3.63, 3.8) is 0 Å². The maximum absolute atomic E-state index is 12.8. The summed E-state index contributed by atoms with van der Waals surface area (Å²) in [5, 5.41) is 20.9. The van der Waals surface area contributed by atoms with Gasteiger partial charge in [-0.25, -0.2) is 14.6 Å². The maximum atomic E-state index is 12.8. The van der Waals surface area contributed by atoms with Crippen LogP contribution in [0.2, 0.25) is 0 Å². The molecule has 0 atom stereocenters. The number of thioether (sulfide) groups is 1. The average molecular weight is 504 g/mol. The molecule has 10 heteroatoms. The third-order valence-corrected chi connectivity index (χ3v) is 6.48. The van der Waals surface area contributed by atoms with Crippen LogP contribution in [0.25, 0.3) is 11.1 Å². The Kier molecular flexibility index (Phi) is 7.51. The van der Waals surface area contributed by atoms with Gasteiger partial charge in [0.05, 0.1) is 17.9 Å². The predicted molar refractivity (Wildman–Crippen MR) is 132 cm³/mol. The van der Waals surface area contributed by atoms with Gasteiger partial charge in [0.15, 0.2) is 5.82 Å². The number of pyridine rings is 1. The lowest BCUT2D eigenvalue weighted by atomic mass is 9.98. The minimum Gasteiger partial charge on any atom is -0.481 e. The lowest BCUT2D eigenvalue weighted by Crippen LogP contribution is -2.21. The van der Waals surface area contributed by atoms with Crippen molar-refractivity contribution in [3.05, 3.63) is 76.9 Å². The fraction of sp³-hybridized carbons (Fsp3) is 0.192. The summed E-state index contributed by atoms with van der Waals surface area (Å²) in [6.07, 6.45) is -0.853. The molecule has 1 heterocycles. The van der Waals surface area contributed by atoms with Crippen LogP contribution < -0.4 is 5.32 Å². The molecule has 3 aromatic rings. The number of carboxylic acid groups (broad SMARTS) is 1. The van der Waals surface area contributed by atoms with Crippen molar-refractivity contribution in [1.29, 1.82) is 5.26 Å². The highest BCUT2D eigenvalue weighted by molar-refractivity contribution is 7.99. The number of amides is 1. The number of carboxylic acids is 1. The van der Waals surface area contributed by atoms with Crippen LogP contribution in [0, 0.1) is 11.3 Å². The average Bonchev–Trinajstić information content (AvgIpc) is 3.20. The highest BCUT2D eigenvalue weighted by Gasteiger charge is 2.29. The summed E-state index contributed by atoms with van der Waals surface area (Å²) in [4.78, 5) is 40.4. The second-order valence-electron chi connectivity index (χ2n) is 7.70. The number of aliphatic carboxylic acids is 1. The Morgan fingerprint density at radius 2 is 1.72 bits per heavy atom. The van der Waals surface area contributed by atoms with Crippen molar-refractivity contribution in [3.8, 4) is 17.2 Å². The first-order valence-corrected chi connectivity index (χ1v) is 12.0. The third-order valence-electron chi connectivity index (χ3n) is 5.50. The number of fused-ring (bicyclic) bond motifs is 3. The van der Waals surface area contributed by atoms with Gasteiger partial charge >= 0.3 is 18.0 Å². The number of anilines is 1. The summed E-state index contributed by atoms with van der Waals surface area (Å²) in [5.41, 5.74) is 4.11. The van der Waals surface area contributed by atoms with Gasteiger partial charge in [-0.2, -0.15) is 5.26 Å². The van der Waals surface area contributed by atoms with E-state index >= 15 is 0 Å². The second-order valence-corrected chi connectivity index (χ2v) is 8.67. The van der Waals surface area contributed by atoms with Crippen molar-refractivity contribution in [2.45, 2.75) is 17.9 Å². The Balaban J connectivity index is 1.56. The van der Waals surface area contributed by atoms with Crippen molar-refractivity contribution >= 4 is 35.6 Å². The highest BCUT2D eigenvalue weighted by atomic mass is 32.2. The molecule has 0 spiro atoms. The van der Waals surface area contributed by atoms with E-state index in [2.05, 4.69) is 10.3 Å². The molecule has 0 saturated carbocycles. The number of esters is 1. The number of carbonyl (C=O) groups excluding carboxylic acids is 2. The Morgan fingerprint density at radius 3 is 2.31 bits per heavy atom. The molecule has 1 aliphatic rings. The highest BCUT2D eigenvalue weighted by Crippen LogP contribution is 2.44. The molecular formula is C26H21N3O6S. The van der Waals surface area contributed by atoms with Gasteiger partial charge in [-0.05, 0) is 35.2 Å². The van der Waals surface area contributed by atoms with Crippen molar-refractivity contribution in [2.24, 2.45) is 0 Å². The molecule has 4 rings (SSSR count). The van der Waals surface area contributed by atoms with Gasteiger partial charge in [-0.15, -0.1) is 0 Å². The van der Waals surface area contributed by atoms with Crippen LogP contribution in [0.15, 0.2) is 59.6 Å². The first-order chi connectivity index (χ1) is 17.4. The summed E-state index contributed by atoms with van der Waals surface area (Å²) in [6, 6.07) is 18.9. The number of hydrogen-bond acceptors (Lipinski definition) is 8. The summed E-state index contributed by atoms with van der Waals surface area (Å²) in [7, 11) is 0. The smallest absolute Gasteiger partial charge is 0.412 e. The van der Waals surface area contributed by atoms with Crippen LogP contribution in [-0.4, -0.2) is 47.1 Å². The second kappa shape index (κ2) is 10.9. The van der Waals surface area contributed by atoms with Gasteiger partial charge in [0.1, 0.15) is 23.3 Å². The molecule has 0 unspecified atom stereocenters. The standard InChI is InChI=1S/C26H21N3O6S/c1-2-34-25(32)20-11-15(12-27)24(36-14-22(30)31)28-23(20)29-26(33)35-13-21-18-9-5-3-7-16(18)17-8-4-6-10-19(17)21/h3-11,21H,2,13-14H2,1H3,(H,30,31)(H,28,29,33). The van der Waals surface area contributed by atoms with Crippen LogP contribution in [0.4, 0.5) is 10.6 Å². The molecule has 1 aromatic heterocycles. The SMILES string of the molecule is CCOC(=O)c1cc(C#N)c(SCC(=O)O)nc1NC(=O)OCC1c2ccccc2-c2ccccc21. The van der Waals surface area contributed by atoms with Gasteiger partial charge in [0.25, 0.3) is 0 Å². The first kappa shape index (κ1) is 24.8. The van der Waals surface area contributed by atoms with E-state index in [1.165, 1.54) is 6.07 Å². The molecule has 0 bridgehead atoms. The molecule has 2 aromatic carbocycles. The Morgan fingerprint density at radius 1 is 1.08 bits per heavy atom. The topological polar surface area (TPSA) is 139 Å². The van der Waals surface area contributed by atoms with Crippen LogP contribution in [0.3, 0.4) is 0 Å². The van der Waals surface area contributed by atoms with Crippen LogP contribution >= 0.6 is 11.8 Å². The van der Waals surface area contributed by atoms with Crippen LogP contribution in [0.1, 0.15) is 39.9 Å². The fourth-order valence-electron chi connectivity index (χ4n) is 4.01. The van der Waals surface area contributed by atoms with Crippen LogP contribution in [0.5, 0.6) is 0 Å². The molecule has 9 nitrogen and oxygen atoms in total. The number of rotatable bonds is 8. The predicted octanol–water partition coefficient (Wildman–Crippen LogP) is 4.67. The van der Waals surface area contributed by atoms with Gasteiger partial charge in [-0.1, -0.05) is 60.3 Å². The lowest BCUT2D eigenvalue weighted by Gasteiger charge is -2.16. The minimum atomic E-state index is -1.11. The van der Waals surface area contributed by atoms with Crippen molar-refractivity contribution < 1.29 is 29.0 Å². The number of hydrogen-bond donors (Lipinski definition) is 2. The quantitative estimate of drug-likeness (QED) is 0.332. The normalized spacial score (nSPS) is 11.7. The Hall–Kier alpha value is -4.36. The molecule has 1 amide bonds. The zero-order chi connectivity index (χ0) is 25.7. The van der Waals surface area contributed by atoms with Gasteiger partial charge in [0, 0.05) is 5.92 Å². The largest absolute Gasteiger partial charge is 0.481 e. The monoisotopic (exact) mass is 503 g/mol. The Bertz CT molecular complexity index is 1340. The molecule has 0 fully saturated rings. The van der Waals surface area contributed by atoms with E-state index in [9.17, 15) is 19.6 Å². The zero-order valence-electron chi connectivity index (χ0n) is 19.2. The fourth-order valence-corrected chi connectivity index (χ4v) is 4.68. The molecule has 0 aliphatic heterocycles. The molecule has 1 aliphatic carbocycles. The number of nitrogens with zero attached hydrogens (tertiary/aromatic N) is 2. The Labute approximate surface area is 211 Å². The van der Waals surface area contributed by atoms with Crippen LogP contribution in [-0.2, 0) is 14.3 Å². The summed E-state index contributed by atoms with van der Waals surface area (Å²) in [5.74, 6) is -2.59. The molecule has 36 heavy (non-hydrogen) atoms. The number of benzene rings is 2. The van der Waals surface area contributed by atoms with Gasteiger partial charge < -0.3 is 14.6 Å². The maximum Gasteiger partial charge on any atom is 0.412 e. The number of nitrogens with one attached hydrogen (secondary N) is 1. The van der Waals surface area contributed by atoms with E-state index < -0.39 is 18.0 Å². The van der Waals surface area contributed by atoms with Gasteiger partial charge in [-0.3, -0.25) is 10.1 Å². The number of nitriles is 1. The first-order valence-electron chi connectivity index (χ1n) is 11.0. The van der Waals surface area contributed by atoms with E-state index in [-0.39, 0.29) is 46.9 Å². The minimum absolute atomic E-state index is 0.0117. The molecule has 0 radical (unpaired) electrons. The van der Waals surface area contributed by atoms with E-state index in [1.54, 1.807) is 6.92 Å². The zero-order valence-corrected chi connectivity index (χ0v) is 20.0. The van der Waals surface area contributed by atoms with E-state index in [1.807, 2.05) is 54.6 Å². The van der Waals surface area contributed by atoms with E-state index in [0.29, 0.717) is 0 Å². The van der Waals surface area contributed by atoms with Gasteiger partial charge in [0.2, 0.25) is 0 Å². The lowest BCUT2D eigenvalue weighted by molar-refractivity contribution is -0.133. The molecular weight excluding hydrogens is 482 g/mol. The summed E-state index contributed by atoms with van der Waals surface area (Å²) >= 11 is 0.796. The molecule has 182 valence electrons. The third kappa shape index (κ3) is 5.16. The molecule has 2 N–H and O–H groups in total. The number of aromatic nitrogens is 1. The van der Waals surface area contributed by atoms with E-state index in [0.717, 1.165) is 34.0 Å². The summed E-state index contributed by atoms with van der Waals surface area (Å²) < 4.78 is 10.6. The molecule has 0 saturated heterocycles. The number of ether oxygens (including phenoxy) is 2. The van der Waals surface area contributed by atoms with E-state index in [4.69, 9.17) is 14.6 Å². The number of carbonyl (C=O) groups is 3. The van der Waals surface area contributed by atoms with Crippen molar-refractivity contribution in [2.75, 3.05) is 24.3 Å².